The smallest absolute Gasteiger partial charge is 0.337 e. The van der Waals surface area contributed by atoms with Gasteiger partial charge in [-0.3, -0.25) is 9.59 Å². The van der Waals surface area contributed by atoms with E-state index in [1.54, 1.807) is 24.3 Å². The van der Waals surface area contributed by atoms with Crippen LogP contribution in [0.25, 0.3) is 0 Å². The summed E-state index contributed by atoms with van der Waals surface area (Å²) >= 11 is 1.89. The molecule has 0 bridgehead atoms. The van der Waals surface area contributed by atoms with E-state index in [1.165, 1.54) is 16.9 Å². The van der Waals surface area contributed by atoms with Gasteiger partial charge in [-0.15, -0.1) is 0 Å². The average Bonchev–Trinajstić information content (AvgIpc) is 2.89. The quantitative estimate of drug-likeness (QED) is 0.609. The average molecular weight is 335 g/mol. The Morgan fingerprint density at radius 2 is 1.87 bits per heavy atom. The molecular weight excluding hydrogens is 316 g/mol. The molecule has 0 spiro atoms. The SMILES string of the molecule is COC(=O)c1ccc(N2C(=O)CC([NH+]3CCSCC3)C2=O)cc1. The first-order valence-electron chi connectivity index (χ1n) is 7.59. The summed E-state index contributed by atoms with van der Waals surface area (Å²) in [5, 5.41) is 0. The van der Waals surface area contributed by atoms with Gasteiger partial charge in [0.25, 0.3) is 5.91 Å². The lowest BCUT2D eigenvalue weighted by Crippen LogP contribution is -3.18. The molecule has 3 rings (SSSR count). The number of ether oxygens (including phenoxy) is 1. The van der Waals surface area contributed by atoms with Crippen LogP contribution in [0.3, 0.4) is 0 Å². The van der Waals surface area contributed by atoms with Crippen molar-refractivity contribution < 1.29 is 24.0 Å². The van der Waals surface area contributed by atoms with Crippen LogP contribution in [0.5, 0.6) is 0 Å². The van der Waals surface area contributed by atoms with Gasteiger partial charge in [0.15, 0.2) is 6.04 Å². The van der Waals surface area contributed by atoms with E-state index in [9.17, 15) is 14.4 Å². The third kappa shape index (κ3) is 3.11. The molecule has 2 aliphatic rings. The topological polar surface area (TPSA) is 68.1 Å². The standard InChI is InChI=1S/C16H18N2O4S/c1-22-16(21)11-2-4-12(5-3-11)18-14(19)10-13(15(18)20)17-6-8-23-9-7-17/h2-5,13H,6-10H2,1H3/p+1. The van der Waals surface area contributed by atoms with Crippen LogP contribution < -0.4 is 9.80 Å². The molecule has 2 saturated heterocycles. The Morgan fingerprint density at radius 3 is 2.48 bits per heavy atom. The Kier molecular flexibility index (Phi) is 4.68. The second kappa shape index (κ2) is 6.72. The third-order valence-corrected chi connectivity index (χ3v) is 5.31. The van der Waals surface area contributed by atoms with Crippen LogP contribution in [0, 0.1) is 0 Å². The molecule has 2 fully saturated rings. The number of amides is 2. The number of anilines is 1. The second-order valence-corrected chi connectivity index (χ2v) is 6.86. The van der Waals surface area contributed by atoms with Crippen LogP contribution in [0.4, 0.5) is 5.69 Å². The number of benzene rings is 1. The molecule has 1 aromatic carbocycles. The number of nitrogens with one attached hydrogen (secondary N) is 1. The zero-order valence-corrected chi connectivity index (χ0v) is 13.7. The maximum atomic E-state index is 12.7. The van der Waals surface area contributed by atoms with E-state index in [-0.39, 0.29) is 24.3 Å². The normalized spacial score (nSPS) is 22.5. The number of hydrogen-bond acceptors (Lipinski definition) is 5. The maximum Gasteiger partial charge on any atom is 0.337 e. The van der Waals surface area contributed by atoms with Crippen molar-refractivity contribution in [2.75, 3.05) is 36.6 Å². The third-order valence-electron chi connectivity index (χ3n) is 4.32. The van der Waals surface area contributed by atoms with Crippen LogP contribution in [-0.4, -0.2) is 55.5 Å². The van der Waals surface area contributed by atoms with E-state index in [4.69, 9.17) is 0 Å². The van der Waals surface area contributed by atoms with E-state index in [0.717, 1.165) is 24.6 Å². The lowest BCUT2D eigenvalue weighted by molar-refractivity contribution is -0.911. The number of imide groups is 1. The molecule has 2 heterocycles. The summed E-state index contributed by atoms with van der Waals surface area (Å²) in [6.45, 7) is 1.84. The van der Waals surface area contributed by atoms with E-state index in [0.29, 0.717) is 11.3 Å². The molecule has 2 amide bonds. The van der Waals surface area contributed by atoms with Gasteiger partial charge in [0.1, 0.15) is 0 Å². The van der Waals surface area contributed by atoms with Crippen molar-refractivity contribution in [3.05, 3.63) is 29.8 Å². The van der Waals surface area contributed by atoms with Gasteiger partial charge < -0.3 is 9.64 Å². The summed E-state index contributed by atoms with van der Waals surface area (Å²) in [4.78, 5) is 38.9. The molecule has 0 aliphatic carbocycles. The number of carbonyl (C=O) groups excluding carboxylic acids is 3. The van der Waals surface area contributed by atoms with Crippen molar-refractivity contribution >= 4 is 35.2 Å². The highest BCUT2D eigenvalue weighted by molar-refractivity contribution is 7.99. The number of nitrogens with zero attached hydrogens (tertiary/aromatic N) is 1. The molecule has 23 heavy (non-hydrogen) atoms. The first-order valence-corrected chi connectivity index (χ1v) is 8.75. The number of hydrogen-bond donors (Lipinski definition) is 1. The molecule has 1 aromatic rings. The molecule has 6 nitrogen and oxygen atoms in total. The van der Waals surface area contributed by atoms with E-state index in [2.05, 4.69) is 4.74 Å². The largest absolute Gasteiger partial charge is 0.465 e. The van der Waals surface area contributed by atoms with Crippen LogP contribution in [0.1, 0.15) is 16.8 Å². The second-order valence-electron chi connectivity index (χ2n) is 5.63. The molecule has 7 heteroatoms. The molecule has 1 atom stereocenters. The molecule has 0 aromatic heterocycles. The van der Waals surface area contributed by atoms with Gasteiger partial charge in [-0.05, 0) is 24.3 Å². The fourth-order valence-corrected chi connectivity index (χ4v) is 4.09. The number of rotatable bonds is 3. The zero-order chi connectivity index (χ0) is 16.4. The highest BCUT2D eigenvalue weighted by Crippen LogP contribution is 2.23. The lowest BCUT2D eigenvalue weighted by atomic mass is 10.2. The minimum Gasteiger partial charge on any atom is -0.465 e. The molecule has 1 unspecified atom stereocenters. The molecule has 2 aliphatic heterocycles. The first-order chi connectivity index (χ1) is 11.1. The van der Waals surface area contributed by atoms with Crippen molar-refractivity contribution in [1.29, 1.82) is 0 Å². The lowest BCUT2D eigenvalue weighted by Gasteiger charge is -2.27. The Labute approximate surface area is 138 Å². The predicted octanol–water partition coefficient (Wildman–Crippen LogP) is -0.263. The summed E-state index contributed by atoms with van der Waals surface area (Å²) in [7, 11) is 1.31. The minimum atomic E-state index is -0.441. The number of quaternary nitrogens is 1. The van der Waals surface area contributed by atoms with Crippen molar-refractivity contribution in [1.82, 2.24) is 0 Å². The molecular formula is C16H19N2O4S+. The monoisotopic (exact) mass is 335 g/mol. The number of carbonyl (C=O) groups is 3. The van der Waals surface area contributed by atoms with Gasteiger partial charge in [-0.2, -0.15) is 11.8 Å². The van der Waals surface area contributed by atoms with Crippen molar-refractivity contribution in [3.8, 4) is 0 Å². The van der Waals surface area contributed by atoms with E-state index >= 15 is 0 Å². The van der Waals surface area contributed by atoms with Gasteiger partial charge in [0, 0.05) is 11.5 Å². The molecule has 0 radical (unpaired) electrons. The summed E-state index contributed by atoms with van der Waals surface area (Å²) < 4.78 is 4.65. The number of methoxy groups -OCH3 is 1. The van der Waals surface area contributed by atoms with Gasteiger partial charge in [-0.1, -0.05) is 0 Å². The van der Waals surface area contributed by atoms with Crippen molar-refractivity contribution in [2.45, 2.75) is 12.5 Å². The fraction of sp³-hybridized carbons (Fsp3) is 0.438. The van der Waals surface area contributed by atoms with Gasteiger partial charge in [-0.25, -0.2) is 9.69 Å². The highest BCUT2D eigenvalue weighted by Gasteiger charge is 2.45. The molecule has 122 valence electrons. The van der Waals surface area contributed by atoms with Gasteiger partial charge in [0.2, 0.25) is 5.91 Å². The molecule has 0 saturated carbocycles. The first kappa shape index (κ1) is 16.0. The number of esters is 1. The van der Waals surface area contributed by atoms with Crippen LogP contribution in [-0.2, 0) is 14.3 Å². The fourth-order valence-electron chi connectivity index (χ4n) is 3.07. The van der Waals surface area contributed by atoms with Crippen LogP contribution >= 0.6 is 11.8 Å². The summed E-state index contributed by atoms with van der Waals surface area (Å²) in [6, 6.07) is 6.10. The van der Waals surface area contributed by atoms with E-state index < -0.39 is 5.97 Å². The van der Waals surface area contributed by atoms with Crippen molar-refractivity contribution in [3.63, 3.8) is 0 Å². The maximum absolute atomic E-state index is 12.7. The number of thioether (sulfide) groups is 1. The van der Waals surface area contributed by atoms with Gasteiger partial charge in [0.05, 0.1) is 37.9 Å². The summed E-state index contributed by atoms with van der Waals surface area (Å²) in [5.74, 6) is 1.31. The Hall–Kier alpha value is -1.86. The highest BCUT2D eigenvalue weighted by atomic mass is 32.2. The summed E-state index contributed by atoms with van der Waals surface area (Å²) in [6.07, 6.45) is 0.261. The zero-order valence-electron chi connectivity index (χ0n) is 12.9. The summed E-state index contributed by atoms with van der Waals surface area (Å²) in [5.41, 5.74) is 0.909. The Bertz CT molecular complexity index is 625. The van der Waals surface area contributed by atoms with Crippen molar-refractivity contribution in [2.24, 2.45) is 0 Å². The predicted molar refractivity (Wildman–Crippen MR) is 86.7 cm³/mol. The van der Waals surface area contributed by atoms with Crippen LogP contribution in [0.2, 0.25) is 0 Å². The minimum absolute atomic E-state index is 0.136. The molecule has 1 N–H and O–H groups in total. The van der Waals surface area contributed by atoms with Gasteiger partial charge >= 0.3 is 5.97 Å². The Balaban J connectivity index is 1.78. The Morgan fingerprint density at radius 1 is 1.22 bits per heavy atom. The van der Waals surface area contributed by atoms with E-state index in [1.807, 2.05) is 11.8 Å². The van der Waals surface area contributed by atoms with Crippen LogP contribution in [0.15, 0.2) is 24.3 Å².